The number of aromatic nitrogens is 3. The summed E-state index contributed by atoms with van der Waals surface area (Å²) in [7, 11) is 1.63. The minimum atomic E-state index is -4.61. The van der Waals surface area contributed by atoms with Crippen molar-refractivity contribution in [3.05, 3.63) is 45.3 Å². The highest BCUT2D eigenvalue weighted by Crippen LogP contribution is 2.32. The first kappa shape index (κ1) is 21.7. The van der Waals surface area contributed by atoms with Crippen LogP contribution in [0.3, 0.4) is 0 Å². The zero-order chi connectivity index (χ0) is 21.1. The summed E-state index contributed by atoms with van der Waals surface area (Å²) in [5.74, 6) is -1.95. The van der Waals surface area contributed by atoms with Crippen molar-refractivity contribution >= 4 is 47.0 Å². The van der Waals surface area contributed by atoms with Crippen molar-refractivity contribution in [2.24, 2.45) is 7.05 Å². The number of esters is 1. The molecule has 1 amide bonds. The summed E-state index contributed by atoms with van der Waals surface area (Å²) in [4.78, 5) is 26.9. The number of hydrogen-bond donors (Lipinski definition) is 1. The van der Waals surface area contributed by atoms with Gasteiger partial charge in [0.05, 0.1) is 16.3 Å². The van der Waals surface area contributed by atoms with Gasteiger partial charge in [-0.25, -0.2) is 9.78 Å². The maximum Gasteiger partial charge on any atom is 0.417 e. The van der Waals surface area contributed by atoms with Crippen molar-refractivity contribution in [3.63, 3.8) is 0 Å². The molecule has 2 aromatic rings. The highest BCUT2D eigenvalue weighted by molar-refractivity contribution is 6.33. The molecule has 2 rings (SSSR count). The van der Waals surface area contributed by atoms with Crippen LogP contribution in [0.1, 0.15) is 16.8 Å². The van der Waals surface area contributed by atoms with Gasteiger partial charge in [-0.2, -0.15) is 18.3 Å². The lowest BCUT2D eigenvalue weighted by molar-refractivity contribution is -0.142. The Hall–Kier alpha value is -2.59. The molecule has 0 aliphatic rings. The first-order valence-corrected chi connectivity index (χ1v) is 8.31. The van der Waals surface area contributed by atoms with Crippen LogP contribution in [0.5, 0.6) is 0 Å². The van der Waals surface area contributed by atoms with E-state index in [1.807, 2.05) is 0 Å². The number of pyridine rings is 1. The van der Waals surface area contributed by atoms with E-state index in [1.165, 1.54) is 10.8 Å². The second kappa shape index (κ2) is 8.61. The summed E-state index contributed by atoms with van der Waals surface area (Å²) in [6.45, 7) is 1.01. The SMILES string of the molecule is Cc1nn(C)c(Cl)c1/C=C/C(=O)OCC(=O)Nc1ncc(C(F)(F)F)cc1Cl. The lowest BCUT2D eigenvalue weighted by Crippen LogP contribution is -2.21. The molecule has 0 aliphatic heterocycles. The average Bonchev–Trinajstić information content (AvgIpc) is 2.84. The van der Waals surface area contributed by atoms with Crippen molar-refractivity contribution in [1.82, 2.24) is 14.8 Å². The van der Waals surface area contributed by atoms with E-state index in [2.05, 4.69) is 15.4 Å². The van der Waals surface area contributed by atoms with Crippen LogP contribution in [0.2, 0.25) is 10.2 Å². The van der Waals surface area contributed by atoms with Crippen LogP contribution in [0.15, 0.2) is 18.3 Å². The number of amides is 1. The number of nitrogens with zero attached hydrogens (tertiary/aromatic N) is 3. The van der Waals surface area contributed by atoms with E-state index in [0.29, 0.717) is 28.7 Å². The van der Waals surface area contributed by atoms with Crippen LogP contribution in [0, 0.1) is 6.92 Å². The fraction of sp³-hybridized carbons (Fsp3) is 0.250. The highest BCUT2D eigenvalue weighted by atomic mass is 35.5. The first-order chi connectivity index (χ1) is 13.0. The minimum absolute atomic E-state index is 0.288. The third-order valence-electron chi connectivity index (χ3n) is 3.35. The van der Waals surface area contributed by atoms with Crippen LogP contribution in [0.25, 0.3) is 6.08 Å². The average molecular weight is 437 g/mol. The monoisotopic (exact) mass is 436 g/mol. The summed E-state index contributed by atoms with van der Waals surface area (Å²) < 4.78 is 43.8. The predicted molar refractivity (Wildman–Crippen MR) is 95.8 cm³/mol. The van der Waals surface area contributed by atoms with Crippen LogP contribution >= 0.6 is 23.2 Å². The van der Waals surface area contributed by atoms with Crippen LogP contribution < -0.4 is 5.32 Å². The molecule has 2 aromatic heterocycles. The molecule has 7 nitrogen and oxygen atoms in total. The van der Waals surface area contributed by atoms with Gasteiger partial charge in [0.15, 0.2) is 12.4 Å². The number of carbonyl (C=O) groups is 2. The number of aryl methyl sites for hydroxylation is 2. The molecule has 150 valence electrons. The lowest BCUT2D eigenvalue weighted by Gasteiger charge is -2.10. The Kier molecular flexibility index (Phi) is 6.68. The Morgan fingerprint density at radius 1 is 1.36 bits per heavy atom. The molecular formula is C16H13Cl2F3N4O3. The van der Waals surface area contributed by atoms with Crippen molar-refractivity contribution in [1.29, 1.82) is 0 Å². The normalized spacial score (nSPS) is 11.7. The van der Waals surface area contributed by atoms with Gasteiger partial charge in [0, 0.05) is 24.9 Å². The van der Waals surface area contributed by atoms with E-state index >= 15 is 0 Å². The molecule has 0 radical (unpaired) electrons. The fourth-order valence-corrected chi connectivity index (χ4v) is 2.48. The summed E-state index contributed by atoms with van der Waals surface area (Å²) >= 11 is 11.7. The van der Waals surface area contributed by atoms with Gasteiger partial charge >= 0.3 is 12.1 Å². The Balaban J connectivity index is 1.92. The number of hydrogen-bond acceptors (Lipinski definition) is 5. The topological polar surface area (TPSA) is 86.1 Å². The predicted octanol–water partition coefficient (Wildman–Crippen LogP) is 3.64. The molecule has 1 N–H and O–H groups in total. The van der Waals surface area contributed by atoms with Gasteiger partial charge in [-0.1, -0.05) is 23.2 Å². The number of halogens is 5. The van der Waals surface area contributed by atoms with E-state index in [-0.39, 0.29) is 5.82 Å². The molecule has 0 atom stereocenters. The van der Waals surface area contributed by atoms with Gasteiger partial charge in [-0.05, 0) is 19.1 Å². The van der Waals surface area contributed by atoms with Gasteiger partial charge in [0.1, 0.15) is 5.15 Å². The van der Waals surface area contributed by atoms with Crippen molar-refractivity contribution in [2.75, 3.05) is 11.9 Å². The Morgan fingerprint density at radius 3 is 2.57 bits per heavy atom. The van der Waals surface area contributed by atoms with Crippen molar-refractivity contribution in [3.8, 4) is 0 Å². The summed E-state index contributed by atoms with van der Waals surface area (Å²) in [6.07, 6.45) is -1.64. The van der Waals surface area contributed by atoms with Crippen LogP contribution in [-0.2, 0) is 27.5 Å². The van der Waals surface area contributed by atoms with Gasteiger partial charge in [-0.15, -0.1) is 0 Å². The zero-order valence-corrected chi connectivity index (χ0v) is 16.0. The van der Waals surface area contributed by atoms with Crippen molar-refractivity contribution < 1.29 is 27.5 Å². The van der Waals surface area contributed by atoms with Gasteiger partial charge < -0.3 is 10.1 Å². The number of alkyl halides is 3. The lowest BCUT2D eigenvalue weighted by atomic mass is 10.2. The first-order valence-electron chi connectivity index (χ1n) is 7.55. The van der Waals surface area contributed by atoms with Gasteiger partial charge in [0.25, 0.3) is 5.91 Å². The molecule has 0 aromatic carbocycles. The standard InChI is InChI=1S/C16H13Cl2F3N4O3/c1-8-10(14(18)25(2)24-8)3-4-13(27)28-7-12(26)23-15-11(17)5-9(6-22-15)16(19,20)21/h3-6H,7H2,1-2H3,(H,22,23,26)/b4-3+. The number of anilines is 1. The smallest absolute Gasteiger partial charge is 0.417 e. The molecule has 0 saturated carbocycles. The Morgan fingerprint density at radius 2 is 2.04 bits per heavy atom. The molecular weight excluding hydrogens is 424 g/mol. The Labute approximate surface area is 167 Å². The van der Waals surface area contributed by atoms with Crippen LogP contribution in [0.4, 0.5) is 19.0 Å². The van der Waals surface area contributed by atoms with E-state index in [0.717, 1.165) is 6.08 Å². The molecule has 0 saturated heterocycles. The molecule has 0 spiro atoms. The second-order valence-corrected chi connectivity index (χ2v) is 6.22. The number of carbonyl (C=O) groups excluding carboxylic acids is 2. The number of nitrogens with one attached hydrogen (secondary N) is 1. The van der Waals surface area contributed by atoms with Gasteiger partial charge in [-0.3, -0.25) is 9.48 Å². The zero-order valence-electron chi connectivity index (χ0n) is 14.5. The van der Waals surface area contributed by atoms with E-state index < -0.39 is 35.2 Å². The van der Waals surface area contributed by atoms with E-state index in [4.69, 9.17) is 27.9 Å². The molecule has 28 heavy (non-hydrogen) atoms. The van der Waals surface area contributed by atoms with E-state index in [1.54, 1.807) is 14.0 Å². The second-order valence-electron chi connectivity index (χ2n) is 5.45. The van der Waals surface area contributed by atoms with Gasteiger partial charge in [0.2, 0.25) is 0 Å². The van der Waals surface area contributed by atoms with Crippen molar-refractivity contribution in [2.45, 2.75) is 13.1 Å². The molecule has 0 unspecified atom stereocenters. The maximum atomic E-state index is 12.6. The minimum Gasteiger partial charge on any atom is -0.452 e. The molecule has 0 aliphatic carbocycles. The van der Waals surface area contributed by atoms with E-state index in [9.17, 15) is 22.8 Å². The fourth-order valence-electron chi connectivity index (χ4n) is 2.02. The molecule has 0 fully saturated rings. The summed E-state index contributed by atoms with van der Waals surface area (Å²) in [5.41, 5.74) is 0.0556. The summed E-state index contributed by atoms with van der Waals surface area (Å²) in [5, 5.41) is 6.14. The number of rotatable bonds is 5. The highest BCUT2D eigenvalue weighted by Gasteiger charge is 2.31. The quantitative estimate of drug-likeness (QED) is 0.570. The molecule has 0 bridgehead atoms. The third kappa shape index (κ3) is 5.46. The van der Waals surface area contributed by atoms with Crippen LogP contribution in [-0.4, -0.2) is 33.2 Å². The largest absolute Gasteiger partial charge is 0.452 e. The molecule has 2 heterocycles. The molecule has 12 heteroatoms. The maximum absolute atomic E-state index is 12.6. The Bertz CT molecular complexity index is 942. The number of ether oxygens (including phenoxy) is 1. The third-order valence-corrected chi connectivity index (χ3v) is 4.09. The summed E-state index contributed by atoms with van der Waals surface area (Å²) in [6, 6.07) is 0.624.